The highest BCUT2D eigenvalue weighted by molar-refractivity contribution is 4.98. The zero-order chi connectivity index (χ0) is 10.6. The fourth-order valence-corrected chi connectivity index (χ4v) is 2.06. The Bertz CT molecular complexity index is 240. The van der Waals surface area contributed by atoms with E-state index >= 15 is 0 Å². The number of aliphatic hydroxyl groups is 1. The van der Waals surface area contributed by atoms with E-state index < -0.39 is 5.60 Å². The predicted octanol–water partition coefficient (Wildman–Crippen LogP) is 1.64. The molecule has 2 heteroatoms. The predicted molar refractivity (Wildman–Crippen MR) is 59.0 cm³/mol. The van der Waals surface area contributed by atoms with E-state index in [9.17, 15) is 5.11 Å². The Kier molecular flexibility index (Phi) is 3.97. The van der Waals surface area contributed by atoms with Crippen molar-refractivity contribution < 1.29 is 5.11 Å². The number of likely N-dealkylation sites (tertiary alicyclic amines) is 1. The van der Waals surface area contributed by atoms with Gasteiger partial charge in [0.1, 0.15) is 0 Å². The van der Waals surface area contributed by atoms with E-state index in [4.69, 9.17) is 0 Å². The van der Waals surface area contributed by atoms with Crippen LogP contribution in [0.25, 0.3) is 0 Å². The first-order chi connectivity index (χ1) is 6.57. The van der Waals surface area contributed by atoms with Crippen LogP contribution in [0, 0.1) is 11.8 Å². The molecule has 0 aromatic carbocycles. The summed E-state index contributed by atoms with van der Waals surface area (Å²) >= 11 is 0. The van der Waals surface area contributed by atoms with Gasteiger partial charge >= 0.3 is 0 Å². The lowest BCUT2D eigenvalue weighted by Crippen LogP contribution is -2.47. The molecule has 0 amide bonds. The maximum Gasteiger partial charge on any atom is 0.0683 e. The van der Waals surface area contributed by atoms with Crippen LogP contribution in [0.5, 0.6) is 0 Å². The molecule has 2 atom stereocenters. The van der Waals surface area contributed by atoms with Crippen molar-refractivity contribution in [2.24, 2.45) is 0 Å². The minimum Gasteiger partial charge on any atom is -0.390 e. The van der Waals surface area contributed by atoms with E-state index in [1.807, 2.05) is 6.92 Å². The standard InChI is InChI=1S/C12H21NO/c1-4-5-6-7-12(14)8-9-13(3)11(2)10-12/h11,14H,6-10H2,1-3H3. The Morgan fingerprint density at radius 1 is 1.57 bits per heavy atom. The SMILES string of the molecule is CC#CCCC1(O)CCN(C)C(C)C1. The molecule has 0 aromatic heterocycles. The van der Waals surface area contributed by atoms with Crippen molar-refractivity contribution >= 4 is 0 Å². The summed E-state index contributed by atoms with van der Waals surface area (Å²) in [5.74, 6) is 5.90. The second kappa shape index (κ2) is 4.82. The fraction of sp³-hybridized carbons (Fsp3) is 0.833. The van der Waals surface area contributed by atoms with Gasteiger partial charge < -0.3 is 10.0 Å². The normalized spacial score (nSPS) is 33.6. The van der Waals surface area contributed by atoms with Crippen molar-refractivity contribution in [3.8, 4) is 11.8 Å². The molecule has 1 aliphatic heterocycles. The molecule has 2 nitrogen and oxygen atoms in total. The van der Waals surface area contributed by atoms with E-state index in [2.05, 4.69) is 30.7 Å². The first-order valence-electron chi connectivity index (χ1n) is 5.40. The number of hydrogen-bond acceptors (Lipinski definition) is 2. The first kappa shape index (κ1) is 11.6. The maximum absolute atomic E-state index is 10.3. The van der Waals surface area contributed by atoms with E-state index in [-0.39, 0.29) is 0 Å². The molecule has 0 radical (unpaired) electrons. The van der Waals surface area contributed by atoms with Crippen LogP contribution in [0.3, 0.4) is 0 Å². The van der Waals surface area contributed by atoms with Gasteiger partial charge in [-0.1, -0.05) is 0 Å². The van der Waals surface area contributed by atoms with Crippen LogP contribution in [0.15, 0.2) is 0 Å². The molecule has 0 spiro atoms. The molecule has 1 heterocycles. The van der Waals surface area contributed by atoms with Gasteiger partial charge in [-0.15, -0.1) is 11.8 Å². The molecule has 1 N–H and O–H groups in total. The largest absolute Gasteiger partial charge is 0.390 e. The quantitative estimate of drug-likeness (QED) is 0.677. The molecule has 0 saturated carbocycles. The van der Waals surface area contributed by atoms with Gasteiger partial charge in [0.25, 0.3) is 0 Å². The highest BCUT2D eigenvalue weighted by Crippen LogP contribution is 2.29. The summed E-state index contributed by atoms with van der Waals surface area (Å²) in [7, 11) is 2.12. The van der Waals surface area contributed by atoms with Crippen LogP contribution in [0.4, 0.5) is 0 Å². The smallest absolute Gasteiger partial charge is 0.0683 e. The zero-order valence-electron chi connectivity index (χ0n) is 9.51. The summed E-state index contributed by atoms with van der Waals surface area (Å²) in [6.45, 7) is 5.02. The summed E-state index contributed by atoms with van der Waals surface area (Å²) in [5.41, 5.74) is -0.463. The Labute approximate surface area is 87.3 Å². The number of rotatable bonds is 2. The molecule has 0 bridgehead atoms. The minimum atomic E-state index is -0.463. The van der Waals surface area contributed by atoms with Crippen molar-refractivity contribution in [3.63, 3.8) is 0 Å². The van der Waals surface area contributed by atoms with Gasteiger partial charge in [-0.05, 0) is 40.2 Å². The molecular weight excluding hydrogens is 174 g/mol. The van der Waals surface area contributed by atoms with E-state index in [1.54, 1.807) is 0 Å². The van der Waals surface area contributed by atoms with Gasteiger partial charge in [0, 0.05) is 19.0 Å². The second-order valence-electron chi connectivity index (χ2n) is 4.43. The summed E-state index contributed by atoms with van der Waals surface area (Å²) in [6, 6.07) is 0.489. The third-order valence-corrected chi connectivity index (χ3v) is 3.25. The second-order valence-corrected chi connectivity index (χ2v) is 4.43. The van der Waals surface area contributed by atoms with Crippen LogP contribution in [-0.4, -0.2) is 35.2 Å². The summed E-state index contributed by atoms with van der Waals surface area (Å²) in [6.07, 6.45) is 3.42. The average Bonchev–Trinajstić information content (AvgIpc) is 2.13. The molecule has 1 aliphatic rings. The Morgan fingerprint density at radius 3 is 2.86 bits per heavy atom. The molecule has 80 valence electrons. The minimum absolute atomic E-state index is 0.463. The van der Waals surface area contributed by atoms with E-state index in [1.165, 1.54) is 0 Å². The lowest BCUT2D eigenvalue weighted by Gasteiger charge is -2.40. The highest BCUT2D eigenvalue weighted by atomic mass is 16.3. The van der Waals surface area contributed by atoms with Crippen LogP contribution in [0.2, 0.25) is 0 Å². The van der Waals surface area contributed by atoms with Crippen LogP contribution in [-0.2, 0) is 0 Å². The Morgan fingerprint density at radius 2 is 2.29 bits per heavy atom. The average molecular weight is 195 g/mol. The topological polar surface area (TPSA) is 23.5 Å². The molecule has 0 aliphatic carbocycles. The number of nitrogens with zero attached hydrogens (tertiary/aromatic N) is 1. The van der Waals surface area contributed by atoms with Crippen molar-refractivity contribution in [3.05, 3.63) is 0 Å². The summed E-state index contributed by atoms with van der Waals surface area (Å²) in [5, 5.41) is 10.3. The van der Waals surface area contributed by atoms with Gasteiger partial charge in [-0.25, -0.2) is 0 Å². The molecule has 1 rings (SSSR count). The van der Waals surface area contributed by atoms with Crippen LogP contribution >= 0.6 is 0 Å². The van der Waals surface area contributed by atoms with Gasteiger partial charge in [-0.2, -0.15) is 0 Å². The molecule has 2 unspecified atom stereocenters. The number of piperidine rings is 1. The van der Waals surface area contributed by atoms with Gasteiger partial charge in [0.15, 0.2) is 0 Å². The van der Waals surface area contributed by atoms with Crippen molar-refractivity contribution in [1.82, 2.24) is 4.90 Å². The Hall–Kier alpha value is -0.520. The maximum atomic E-state index is 10.3. The fourth-order valence-electron chi connectivity index (χ4n) is 2.06. The molecule has 1 saturated heterocycles. The molecular formula is C12H21NO. The lowest BCUT2D eigenvalue weighted by molar-refractivity contribution is -0.0407. The van der Waals surface area contributed by atoms with Crippen LogP contribution < -0.4 is 0 Å². The molecule has 0 aromatic rings. The number of hydrogen-bond donors (Lipinski definition) is 1. The third-order valence-electron chi connectivity index (χ3n) is 3.25. The highest BCUT2D eigenvalue weighted by Gasteiger charge is 2.34. The van der Waals surface area contributed by atoms with E-state index in [0.29, 0.717) is 6.04 Å². The summed E-state index contributed by atoms with van der Waals surface area (Å²) < 4.78 is 0. The van der Waals surface area contributed by atoms with Gasteiger partial charge in [0.2, 0.25) is 0 Å². The van der Waals surface area contributed by atoms with Crippen molar-refractivity contribution in [2.75, 3.05) is 13.6 Å². The van der Waals surface area contributed by atoms with E-state index in [0.717, 1.165) is 32.2 Å². The Balaban J connectivity index is 2.44. The van der Waals surface area contributed by atoms with Gasteiger partial charge in [-0.3, -0.25) is 0 Å². The lowest BCUT2D eigenvalue weighted by atomic mass is 9.84. The molecule has 1 fully saturated rings. The molecule has 14 heavy (non-hydrogen) atoms. The zero-order valence-corrected chi connectivity index (χ0v) is 9.51. The van der Waals surface area contributed by atoms with Gasteiger partial charge in [0.05, 0.1) is 5.60 Å². The first-order valence-corrected chi connectivity index (χ1v) is 5.40. The van der Waals surface area contributed by atoms with Crippen LogP contribution in [0.1, 0.15) is 39.5 Å². The van der Waals surface area contributed by atoms with Crippen molar-refractivity contribution in [1.29, 1.82) is 0 Å². The van der Waals surface area contributed by atoms with Crippen molar-refractivity contribution in [2.45, 2.75) is 51.2 Å². The third kappa shape index (κ3) is 3.01. The summed E-state index contributed by atoms with van der Waals surface area (Å²) in [4.78, 5) is 2.31. The monoisotopic (exact) mass is 195 g/mol.